The summed E-state index contributed by atoms with van der Waals surface area (Å²) in [6, 6.07) is 0. The van der Waals surface area contributed by atoms with E-state index >= 15 is 0 Å². The Hall–Kier alpha value is -2.19. The molecule has 6 unspecified atom stereocenters. The highest BCUT2D eigenvalue weighted by Crippen LogP contribution is 2.47. The van der Waals surface area contributed by atoms with E-state index in [0.717, 1.165) is 70.6 Å². The minimum atomic E-state index is -5.12. The molecule has 1 aliphatic rings. The molecule has 0 spiro atoms. The first kappa shape index (κ1) is 49.8. The lowest BCUT2D eigenvalue weighted by atomic mass is 9.85. The smallest absolute Gasteiger partial charge is 0.462 e. The molecule has 1 rings (SSSR count). The van der Waals surface area contributed by atoms with Gasteiger partial charge < -0.3 is 39.9 Å². The number of unbranched alkanes of at least 4 members (excludes halogenated alkanes) is 11. The van der Waals surface area contributed by atoms with Crippen molar-refractivity contribution in [1.82, 2.24) is 0 Å². The van der Waals surface area contributed by atoms with Gasteiger partial charge in [0.25, 0.3) is 0 Å². The maximum atomic E-state index is 12.7. The van der Waals surface area contributed by atoms with Gasteiger partial charge in [0.05, 0.1) is 6.61 Å². The van der Waals surface area contributed by atoms with Gasteiger partial charge in [0.2, 0.25) is 0 Å². The van der Waals surface area contributed by atoms with Crippen molar-refractivity contribution in [2.24, 2.45) is 0 Å². The molecule has 0 saturated heterocycles. The summed E-state index contributed by atoms with van der Waals surface area (Å²) in [5.41, 5.74) is 0. The van der Waals surface area contributed by atoms with E-state index in [1.54, 1.807) is 0 Å². The average molecular weight is 789 g/mol. The van der Waals surface area contributed by atoms with Crippen LogP contribution in [-0.4, -0.2) is 98.3 Å². The molecule has 0 amide bonds. The topological polar surface area (TPSA) is 210 Å². The maximum absolute atomic E-state index is 12.7. The van der Waals surface area contributed by atoms with Crippen LogP contribution in [0.3, 0.4) is 0 Å². The van der Waals surface area contributed by atoms with Gasteiger partial charge in [-0.3, -0.25) is 18.6 Å². The maximum Gasteiger partial charge on any atom is 0.472 e. The van der Waals surface area contributed by atoms with Gasteiger partial charge >= 0.3 is 19.8 Å². The van der Waals surface area contributed by atoms with Crippen molar-refractivity contribution in [2.75, 3.05) is 13.2 Å². The molecule has 0 bridgehead atoms. The number of esters is 2. The van der Waals surface area contributed by atoms with Gasteiger partial charge in [-0.25, -0.2) is 4.57 Å². The second-order valence-corrected chi connectivity index (χ2v) is 15.2. The van der Waals surface area contributed by atoms with Gasteiger partial charge in [-0.1, -0.05) is 120 Å². The Labute approximate surface area is 322 Å². The minimum absolute atomic E-state index is 0.0584. The zero-order valence-electron chi connectivity index (χ0n) is 32.5. The summed E-state index contributed by atoms with van der Waals surface area (Å²) in [5.74, 6) is -1.15. The lowest BCUT2D eigenvalue weighted by molar-refractivity contribution is -0.220. The highest BCUT2D eigenvalue weighted by molar-refractivity contribution is 7.47. The van der Waals surface area contributed by atoms with Gasteiger partial charge in [-0.05, 0) is 51.4 Å². The highest BCUT2D eigenvalue weighted by Gasteiger charge is 2.51. The molecule has 54 heavy (non-hydrogen) atoms. The van der Waals surface area contributed by atoms with Crippen molar-refractivity contribution in [3.63, 3.8) is 0 Å². The molecular formula is C40H69O13P. The first-order chi connectivity index (χ1) is 25.9. The SMILES string of the molecule is CCC/C=C/C/C=C/C/C=C/C/C=C/CCCCCC(=O)O[C@H](COC(=O)CCCCCCCCCC)COP(=O)(O)OC1C(O)C(O)C(O)[C@H](O)C1O. The number of carbonyl (C=O) groups is 2. The van der Waals surface area contributed by atoms with E-state index < -0.39 is 75.7 Å². The second-order valence-electron chi connectivity index (χ2n) is 13.8. The molecule has 1 saturated carbocycles. The summed E-state index contributed by atoms with van der Waals surface area (Å²) in [6.07, 6.45) is 20.6. The fraction of sp³-hybridized carbons (Fsp3) is 0.750. The van der Waals surface area contributed by atoms with Crippen LogP contribution in [-0.2, 0) is 32.7 Å². The van der Waals surface area contributed by atoms with Crippen molar-refractivity contribution < 1.29 is 63.1 Å². The molecule has 6 N–H and O–H groups in total. The van der Waals surface area contributed by atoms with Crippen molar-refractivity contribution in [2.45, 2.75) is 179 Å². The number of allylic oxidation sites excluding steroid dienone is 8. The quantitative estimate of drug-likeness (QED) is 0.0194. The molecule has 1 aliphatic carbocycles. The summed E-state index contributed by atoms with van der Waals surface area (Å²) in [4.78, 5) is 35.4. The monoisotopic (exact) mass is 788 g/mol. The summed E-state index contributed by atoms with van der Waals surface area (Å²) in [7, 11) is -5.12. The Morgan fingerprint density at radius 3 is 1.59 bits per heavy atom. The van der Waals surface area contributed by atoms with Crippen LogP contribution in [0.15, 0.2) is 48.6 Å². The zero-order valence-corrected chi connectivity index (χ0v) is 33.4. The van der Waals surface area contributed by atoms with Crippen LogP contribution < -0.4 is 0 Å². The fourth-order valence-electron chi connectivity index (χ4n) is 5.63. The molecular weight excluding hydrogens is 719 g/mol. The second kappa shape index (κ2) is 31.0. The van der Waals surface area contributed by atoms with Crippen LogP contribution in [0.4, 0.5) is 0 Å². The minimum Gasteiger partial charge on any atom is -0.462 e. The lowest BCUT2D eigenvalue weighted by Crippen LogP contribution is -2.64. The number of hydrogen-bond acceptors (Lipinski definition) is 12. The van der Waals surface area contributed by atoms with Gasteiger partial charge in [0.15, 0.2) is 6.10 Å². The third kappa shape index (κ3) is 23.7. The molecule has 13 nitrogen and oxygen atoms in total. The van der Waals surface area contributed by atoms with Gasteiger partial charge in [0, 0.05) is 12.8 Å². The third-order valence-electron chi connectivity index (χ3n) is 8.90. The molecule has 0 heterocycles. The normalized spacial score (nSPS) is 23.8. The van der Waals surface area contributed by atoms with Crippen LogP contribution >= 0.6 is 7.82 Å². The number of phosphoric ester groups is 1. The van der Waals surface area contributed by atoms with E-state index in [-0.39, 0.29) is 12.8 Å². The number of aliphatic hydroxyl groups is 5. The van der Waals surface area contributed by atoms with Gasteiger partial charge in [0.1, 0.15) is 43.2 Å². The molecule has 0 radical (unpaired) electrons. The Morgan fingerprint density at radius 2 is 1.04 bits per heavy atom. The van der Waals surface area contributed by atoms with E-state index in [9.17, 15) is 44.6 Å². The summed E-state index contributed by atoms with van der Waals surface area (Å²) in [6.45, 7) is 3.13. The first-order valence-electron chi connectivity index (χ1n) is 19.9. The third-order valence-corrected chi connectivity index (χ3v) is 9.89. The molecule has 14 heteroatoms. The van der Waals surface area contributed by atoms with Crippen LogP contribution in [0.1, 0.15) is 136 Å². The number of rotatable bonds is 31. The number of ether oxygens (including phenoxy) is 2. The van der Waals surface area contributed by atoms with Crippen LogP contribution in [0, 0.1) is 0 Å². The highest BCUT2D eigenvalue weighted by atomic mass is 31.2. The fourth-order valence-corrected chi connectivity index (χ4v) is 6.60. The van der Waals surface area contributed by atoms with Crippen LogP contribution in [0.25, 0.3) is 0 Å². The van der Waals surface area contributed by atoms with Gasteiger partial charge in [-0.2, -0.15) is 0 Å². The van der Waals surface area contributed by atoms with Crippen molar-refractivity contribution in [3.05, 3.63) is 48.6 Å². The van der Waals surface area contributed by atoms with Crippen molar-refractivity contribution >= 4 is 19.8 Å². The summed E-state index contributed by atoms with van der Waals surface area (Å²) < 4.78 is 33.3. The van der Waals surface area contributed by atoms with E-state index in [0.29, 0.717) is 12.8 Å². The summed E-state index contributed by atoms with van der Waals surface area (Å²) >= 11 is 0. The van der Waals surface area contributed by atoms with E-state index in [4.69, 9.17) is 18.5 Å². The molecule has 0 aliphatic heterocycles. The molecule has 8 atom stereocenters. The molecule has 1 fully saturated rings. The average Bonchev–Trinajstić information content (AvgIpc) is 3.15. The van der Waals surface area contributed by atoms with Gasteiger partial charge in [-0.15, -0.1) is 0 Å². The zero-order chi connectivity index (χ0) is 40.0. The Bertz CT molecular complexity index is 1140. The molecule has 312 valence electrons. The first-order valence-corrected chi connectivity index (χ1v) is 21.4. The van der Waals surface area contributed by atoms with Crippen molar-refractivity contribution in [3.8, 4) is 0 Å². The number of aliphatic hydroxyl groups excluding tert-OH is 5. The Balaban J connectivity index is 2.54. The predicted octanol–water partition coefficient (Wildman–Crippen LogP) is 6.44. The van der Waals surface area contributed by atoms with Crippen LogP contribution in [0.5, 0.6) is 0 Å². The summed E-state index contributed by atoms with van der Waals surface area (Å²) in [5, 5.41) is 49.9. The van der Waals surface area contributed by atoms with E-state index in [2.05, 4.69) is 62.5 Å². The lowest BCUT2D eigenvalue weighted by Gasteiger charge is -2.41. The van der Waals surface area contributed by atoms with E-state index in [1.165, 1.54) is 25.7 Å². The molecule has 0 aromatic carbocycles. The molecule has 0 aromatic heterocycles. The number of hydrogen-bond donors (Lipinski definition) is 6. The van der Waals surface area contributed by atoms with Crippen LogP contribution in [0.2, 0.25) is 0 Å². The Morgan fingerprint density at radius 1 is 0.574 bits per heavy atom. The van der Waals surface area contributed by atoms with Crippen molar-refractivity contribution in [1.29, 1.82) is 0 Å². The number of phosphoric acid groups is 1. The Kier molecular flexibility index (Phi) is 28.6. The number of carbonyl (C=O) groups excluding carboxylic acids is 2. The van der Waals surface area contributed by atoms with E-state index in [1.807, 2.05) is 0 Å². The molecule has 0 aromatic rings. The standard InChI is InChI=1S/C40H69O13P/c1-3-5-7-9-11-13-14-15-16-17-18-19-20-21-23-25-27-29-34(42)52-32(30-50-33(41)28-26-24-22-12-10-8-6-4-2)31-51-54(48,49)53-40-38(46)36(44)35(43)37(45)39(40)47/h7,9,13-14,16-17,19-20,32,35-40,43-47H,3-6,8,10-12,15,18,21-31H2,1-2H3,(H,48,49)/b9-7+,14-13+,17-16+,20-19+/t32-,35?,36+,37?,38?,39?,40?/m1/s1. The predicted molar refractivity (Wildman–Crippen MR) is 207 cm³/mol. The largest absolute Gasteiger partial charge is 0.472 e.